The number of fused-ring (bicyclic) bond motifs is 4. The highest BCUT2D eigenvalue weighted by Gasteiger charge is 2.21. The zero-order valence-corrected chi connectivity index (χ0v) is 16.4. The average Bonchev–Trinajstić information content (AvgIpc) is 2.75. The molecule has 0 aromatic heterocycles. The van der Waals surface area contributed by atoms with Crippen LogP contribution in [0.4, 0.5) is 11.4 Å². The van der Waals surface area contributed by atoms with Crippen LogP contribution in [0.25, 0.3) is 11.1 Å². The second kappa shape index (κ2) is 6.36. The van der Waals surface area contributed by atoms with E-state index in [4.69, 9.17) is 4.74 Å². The fraction of sp³-hybridized carbons (Fsp3) is 0. The van der Waals surface area contributed by atoms with E-state index in [1.54, 1.807) is 11.8 Å². The summed E-state index contributed by atoms with van der Waals surface area (Å²) in [5.41, 5.74) is 4.74. The molecule has 4 aromatic rings. The molecule has 2 nitrogen and oxygen atoms in total. The second-order valence-electron chi connectivity index (χ2n) is 6.71. The minimum atomic E-state index is 0.921. The molecule has 1 N–H and O–H groups in total. The van der Waals surface area contributed by atoms with Gasteiger partial charge in [-0.25, -0.2) is 0 Å². The van der Waals surface area contributed by atoms with Gasteiger partial charge in [-0.1, -0.05) is 66.0 Å². The lowest BCUT2D eigenvalue weighted by Crippen LogP contribution is -2.01. The van der Waals surface area contributed by atoms with Gasteiger partial charge in [0.2, 0.25) is 0 Å². The van der Waals surface area contributed by atoms with Crippen LogP contribution in [0.15, 0.2) is 105 Å². The van der Waals surface area contributed by atoms with Gasteiger partial charge < -0.3 is 10.1 Å². The lowest BCUT2D eigenvalue weighted by atomic mass is 10.0. The van der Waals surface area contributed by atoms with Crippen molar-refractivity contribution in [2.24, 2.45) is 0 Å². The lowest BCUT2D eigenvalue weighted by molar-refractivity contribution is 0.454. The maximum absolute atomic E-state index is 6.09. The Bertz CT molecular complexity index is 1230. The van der Waals surface area contributed by atoms with Crippen LogP contribution < -0.4 is 10.1 Å². The van der Waals surface area contributed by atoms with E-state index in [9.17, 15) is 0 Å². The van der Waals surface area contributed by atoms with Crippen molar-refractivity contribution in [3.63, 3.8) is 0 Å². The lowest BCUT2D eigenvalue weighted by Gasteiger charge is -2.24. The Balaban J connectivity index is 1.43. The predicted molar refractivity (Wildman–Crippen MR) is 116 cm³/mol. The SMILES string of the molecule is c1ccc2c(c1)Nc1c(cccc1-c1ccc3c(c1)Sc1ccccc1O3)S2. The molecule has 2 heterocycles. The minimum absolute atomic E-state index is 0.921. The fourth-order valence-corrected chi connectivity index (χ4v) is 5.61. The third-order valence-corrected chi connectivity index (χ3v) is 7.17. The maximum atomic E-state index is 6.09. The quantitative estimate of drug-likeness (QED) is 0.305. The van der Waals surface area contributed by atoms with E-state index in [0.717, 1.165) is 27.0 Å². The Morgan fingerprint density at radius 1 is 0.607 bits per heavy atom. The molecule has 4 aromatic carbocycles. The Morgan fingerprint density at radius 3 is 2.32 bits per heavy atom. The number of hydrogen-bond acceptors (Lipinski definition) is 4. The maximum Gasteiger partial charge on any atom is 0.141 e. The summed E-state index contributed by atoms with van der Waals surface area (Å²) in [4.78, 5) is 4.82. The van der Waals surface area contributed by atoms with E-state index in [-0.39, 0.29) is 0 Å². The van der Waals surface area contributed by atoms with Crippen molar-refractivity contribution in [1.82, 2.24) is 0 Å². The molecule has 134 valence electrons. The van der Waals surface area contributed by atoms with Crippen molar-refractivity contribution in [3.8, 4) is 22.6 Å². The summed E-state index contributed by atoms with van der Waals surface area (Å²) in [7, 11) is 0. The van der Waals surface area contributed by atoms with Gasteiger partial charge in [-0.2, -0.15) is 0 Å². The Morgan fingerprint density at radius 2 is 1.36 bits per heavy atom. The van der Waals surface area contributed by atoms with Crippen molar-refractivity contribution in [3.05, 3.63) is 84.9 Å². The summed E-state index contributed by atoms with van der Waals surface area (Å²) >= 11 is 3.59. The van der Waals surface area contributed by atoms with Gasteiger partial charge >= 0.3 is 0 Å². The summed E-state index contributed by atoms with van der Waals surface area (Å²) in [5.74, 6) is 1.85. The third-order valence-electron chi connectivity index (χ3n) is 4.94. The van der Waals surface area contributed by atoms with Crippen LogP contribution in [0.3, 0.4) is 0 Å². The van der Waals surface area contributed by atoms with E-state index in [1.165, 1.54) is 26.6 Å². The molecule has 0 unspecified atom stereocenters. The van der Waals surface area contributed by atoms with Gasteiger partial charge in [0.1, 0.15) is 11.5 Å². The molecule has 0 fully saturated rings. The summed E-state index contributed by atoms with van der Waals surface area (Å²) in [6.07, 6.45) is 0. The summed E-state index contributed by atoms with van der Waals surface area (Å²) in [6, 6.07) is 29.6. The first-order chi connectivity index (χ1) is 13.8. The van der Waals surface area contributed by atoms with E-state index in [1.807, 2.05) is 23.9 Å². The van der Waals surface area contributed by atoms with E-state index < -0.39 is 0 Å². The van der Waals surface area contributed by atoms with Gasteiger partial charge in [0, 0.05) is 15.4 Å². The molecule has 0 radical (unpaired) electrons. The van der Waals surface area contributed by atoms with Crippen molar-refractivity contribution in [2.75, 3.05) is 5.32 Å². The molecule has 28 heavy (non-hydrogen) atoms. The molecular weight excluding hydrogens is 382 g/mol. The number of rotatable bonds is 1. The first kappa shape index (κ1) is 16.2. The second-order valence-corrected chi connectivity index (χ2v) is 8.88. The highest BCUT2D eigenvalue weighted by molar-refractivity contribution is 8.00. The van der Waals surface area contributed by atoms with Gasteiger partial charge in [0.05, 0.1) is 21.2 Å². The molecule has 0 amide bonds. The summed E-state index contributed by atoms with van der Waals surface area (Å²) < 4.78 is 6.09. The first-order valence-electron chi connectivity index (χ1n) is 9.11. The van der Waals surface area contributed by atoms with Crippen molar-refractivity contribution in [1.29, 1.82) is 0 Å². The Labute approximate surface area is 172 Å². The fourth-order valence-electron chi connectivity index (χ4n) is 3.59. The summed E-state index contributed by atoms with van der Waals surface area (Å²) in [5, 5.41) is 3.64. The molecule has 0 bridgehead atoms. The van der Waals surface area contributed by atoms with Crippen molar-refractivity contribution >= 4 is 34.9 Å². The van der Waals surface area contributed by atoms with Crippen LogP contribution in [0, 0.1) is 0 Å². The van der Waals surface area contributed by atoms with Crippen LogP contribution in [0.5, 0.6) is 11.5 Å². The number of ether oxygens (including phenoxy) is 1. The van der Waals surface area contributed by atoms with E-state index >= 15 is 0 Å². The monoisotopic (exact) mass is 397 g/mol. The van der Waals surface area contributed by atoms with Gasteiger partial charge in [-0.3, -0.25) is 0 Å². The third kappa shape index (κ3) is 2.60. The molecule has 6 rings (SSSR count). The van der Waals surface area contributed by atoms with Crippen LogP contribution in [-0.2, 0) is 0 Å². The predicted octanol–water partition coefficient (Wildman–Crippen LogP) is 7.82. The highest BCUT2D eigenvalue weighted by Crippen LogP contribution is 2.51. The number of hydrogen-bond donors (Lipinski definition) is 1. The van der Waals surface area contributed by atoms with Crippen LogP contribution in [0.1, 0.15) is 0 Å². The molecule has 4 heteroatoms. The Kier molecular flexibility index (Phi) is 3.67. The zero-order chi connectivity index (χ0) is 18.5. The molecule has 0 aliphatic carbocycles. The molecular formula is C24H15NOS2. The number of nitrogens with one attached hydrogen (secondary N) is 1. The summed E-state index contributed by atoms with van der Waals surface area (Å²) in [6.45, 7) is 0. The van der Waals surface area contributed by atoms with Crippen LogP contribution in [-0.4, -0.2) is 0 Å². The highest BCUT2D eigenvalue weighted by atomic mass is 32.2. The van der Waals surface area contributed by atoms with E-state index in [0.29, 0.717) is 0 Å². The smallest absolute Gasteiger partial charge is 0.141 e. The van der Waals surface area contributed by atoms with Crippen LogP contribution in [0.2, 0.25) is 0 Å². The number of anilines is 2. The topological polar surface area (TPSA) is 21.3 Å². The van der Waals surface area contributed by atoms with Gasteiger partial charge in [0.25, 0.3) is 0 Å². The minimum Gasteiger partial charge on any atom is -0.455 e. The zero-order valence-electron chi connectivity index (χ0n) is 14.8. The van der Waals surface area contributed by atoms with Crippen molar-refractivity contribution < 1.29 is 4.74 Å². The molecule has 0 spiro atoms. The normalized spacial score (nSPS) is 13.3. The molecule has 0 saturated carbocycles. The average molecular weight is 398 g/mol. The van der Waals surface area contributed by atoms with Crippen LogP contribution >= 0.6 is 23.5 Å². The number of para-hydroxylation sites is 3. The molecule has 2 aliphatic rings. The molecule has 0 atom stereocenters. The standard InChI is InChI=1S/C24H15NOS2/c1-3-9-20-17(7-1)25-24-16(6-5-11-22(24)27-20)15-12-13-19-23(14-15)28-21-10-4-2-8-18(21)26-19/h1-14,25H. The van der Waals surface area contributed by atoms with E-state index in [2.05, 4.69) is 78.1 Å². The van der Waals surface area contributed by atoms with Gasteiger partial charge in [0.15, 0.2) is 0 Å². The van der Waals surface area contributed by atoms with Crippen molar-refractivity contribution in [2.45, 2.75) is 19.6 Å². The molecule has 0 saturated heterocycles. The number of benzene rings is 4. The van der Waals surface area contributed by atoms with Gasteiger partial charge in [-0.15, -0.1) is 0 Å². The first-order valence-corrected chi connectivity index (χ1v) is 10.7. The van der Waals surface area contributed by atoms with Gasteiger partial charge in [-0.05, 0) is 48.0 Å². The Hall–Kier alpha value is -2.82. The molecule has 2 aliphatic heterocycles. The largest absolute Gasteiger partial charge is 0.455 e.